The molecule has 0 amide bonds. The van der Waals surface area contributed by atoms with Gasteiger partial charge in [0, 0.05) is 55.9 Å². The summed E-state index contributed by atoms with van der Waals surface area (Å²) in [6, 6.07) is 9.13. The monoisotopic (exact) mass is 536 g/mol. The number of aliphatic hydroxyl groups is 2. The molecule has 1 saturated carbocycles. The third-order valence-electron chi connectivity index (χ3n) is 9.35. The molecule has 1 atom stereocenters. The summed E-state index contributed by atoms with van der Waals surface area (Å²) in [6.45, 7) is 16.9. The average Bonchev–Trinajstić information content (AvgIpc) is 2.90. The molecule has 1 fully saturated rings. The maximum Gasteiger partial charge on any atom is 0.142 e. The summed E-state index contributed by atoms with van der Waals surface area (Å²) in [5.74, 6) is 2.61. The molecule has 5 rings (SSSR count). The van der Waals surface area contributed by atoms with Crippen molar-refractivity contribution < 1.29 is 19.7 Å². The highest BCUT2D eigenvalue weighted by atomic mass is 16.5. The van der Waals surface area contributed by atoms with Gasteiger partial charge in [0.15, 0.2) is 0 Å². The quantitative estimate of drug-likeness (QED) is 0.464. The Morgan fingerprint density at radius 1 is 0.795 bits per heavy atom. The number of rotatable bonds is 8. The Kier molecular flexibility index (Phi) is 8.30. The molecule has 0 bridgehead atoms. The molecule has 2 N–H and O–H groups in total. The molecule has 2 aromatic rings. The van der Waals surface area contributed by atoms with Gasteiger partial charge in [0.2, 0.25) is 0 Å². The summed E-state index contributed by atoms with van der Waals surface area (Å²) in [5.41, 5.74) is 8.28. The highest BCUT2D eigenvalue weighted by Gasteiger charge is 2.47. The number of hydrogen-bond acceptors (Lipinski definition) is 6. The Bertz CT molecular complexity index is 1100. The Hall–Kier alpha value is -2.12. The first-order valence-corrected chi connectivity index (χ1v) is 14.9. The first-order valence-electron chi connectivity index (χ1n) is 14.9. The molecule has 6 nitrogen and oxygen atoms in total. The van der Waals surface area contributed by atoms with Crippen LogP contribution in [0.3, 0.4) is 0 Å². The van der Waals surface area contributed by atoms with Gasteiger partial charge in [0.05, 0.1) is 0 Å². The third-order valence-corrected chi connectivity index (χ3v) is 9.35. The smallest absolute Gasteiger partial charge is 0.142 e. The van der Waals surface area contributed by atoms with Crippen molar-refractivity contribution in [3.05, 3.63) is 57.6 Å². The van der Waals surface area contributed by atoms with Crippen molar-refractivity contribution in [3.63, 3.8) is 0 Å². The van der Waals surface area contributed by atoms with Crippen LogP contribution in [0.5, 0.6) is 11.5 Å². The molecule has 2 heterocycles. The number of fused-ring (bicyclic) bond motifs is 2. The second kappa shape index (κ2) is 11.4. The van der Waals surface area contributed by atoms with Gasteiger partial charge < -0.3 is 19.7 Å². The first kappa shape index (κ1) is 28.4. The van der Waals surface area contributed by atoms with Crippen LogP contribution in [0.25, 0.3) is 0 Å². The normalized spacial score (nSPS) is 22.5. The molecule has 1 aliphatic carbocycles. The van der Waals surface area contributed by atoms with Crippen LogP contribution < -0.4 is 9.47 Å². The van der Waals surface area contributed by atoms with Gasteiger partial charge >= 0.3 is 0 Å². The van der Waals surface area contributed by atoms with E-state index in [1.807, 2.05) is 0 Å². The van der Waals surface area contributed by atoms with Gasteiger partial charge in [-0.25, -0.2) is 0 Å². The zero-order chi connectivity index (χ0) is 27.8. The summed E-state index contributed by atoms with van der Waals surface area (Å²) in [5, 5.41) is 18.7. The van der Waals surface area contributed by atoms with Crippen molar-refractivity contribution in [2.45, 2.75) is 85.2 Å². The fourth-order valence-electron chi connectivity index (χ4n) is 8.03. The molecular formula is C33H48N2O4. The standard InChI is InChI=1S/C33H48N2O4/c1-23-16-32(4,5)20-33(17-23,28-8-10-30-26(24(28)2)18-34(21-38-30)12-6-14-36)29-9-11-31-27(25(29)3)19-35(22-39-31)13-7-15-37/h8-11,23,36-37H,6-7,12-22H2,1-5H3. The van der Waals surface area contributed by atoms with Crippen LogP contribution in [0, 0.1) is 25.2 Å². The topological polar surface area (TPSA) is 65.4 Å². The van der Waals surface area contributed by atoms with Gasteiger partial charge in [-0.05, 0) is 91.7 Å². The highest BCUT2D eigenvalue weighted by Crippen LogP contribution is 2.56. The molecule has 0 spiro atoms. The summed E-state index contributed by atoms with van der Waals surface area (Å²) < 4.78 is 12.4. The van der Waals surface area contributed by atoms with E-state index in [9.17, 15) is 10.2 Å². The Morgan fingerprint density at radius 3 is 1.72 bits per heavy atom. The number of nitrogens with zero attached hydrogens (tertiary/aromatic N) is 2. The minimum absolute atomic E-state index is 0.0971. The minimum atomic E-state index is -0.0971. The minimum Gasteiger partial charge on any atom is -0.478 e. The fourth-order valence-corrected chi connectivity index (χ4v) is 8.03. The average molecular weight is 537 g/mol. The van der Waals surface area contributed by atoms with Crippen LogP contribution in [0.15, 0.2) is 24.3 Å². The summed E-state index contributed by atoms with van der Waals surface area (Å²) in [7, 11) is 0. The fraction of sp³-hybridized carbons (Fsp3) is 0.636. The lowest BCUT2D eigenvalue weighted by Crippen LogP contribution is -2.43. The van der Waals surface area contributed by atoms with E-state index in [-0.39, 0.29) is 24.0 Å². The van der Waals surface area contributed by atoms with E-state index in [1.54, 1.807) is 0 Å². The van der Waals surface area contributed by atoms with Gasteiger partial charge in [-0.15, -0.1) is 0 Å². The summed E-state index contributed by atoms with van der Waals surface area (Å²) in [6.07, 6.45) is 4.99. The van der Waals surface area contributed by atoms with Crippen LogP contribution in [-0.2, 0) is 18.5 Å². The van der Waals surface area contributed by atoms with E-state index in [0.717, 1.165) is 63.4 Å². The molecule has 0 saturated heterocycles. The molecule has 6 heteroatoms. The molecule has 2 aliphatic heterocycles. The van der Waals surface area contributed by atoms with Gasteiger partial charge in [0.25, 0.3) is 0 Å². The summed E-state index contributed by atoms with van der Waals surface area (Å²) in [4.78, 5) is 4.61. The lowest BCUT2D eigenvalue weighted by Gasteiger charge is -2.50. The lowest BCUT2D eigenvalue weighted by molar-refractivity contribution is 0.0867. The van der Waals surface area contributed by atoms with E-state index in [1.165, 1.54) is 39.8 Å². The molecule has 1 unspecified atom stereocenters. The van der Waals surface area contributed by atoms with Crippen LogP contribution >= 0.6 is 0 Å². The van der Waals surface area contributed by atoms with Crippen molar-refractivity contribution in [2.75, 3.05) is 39.8 Å². The summed E-state index contributed by atoms with van der Waals surface area (Å²) >= 11 is 0. The number of ether oxygens (including phenoxy) is 2. The Balaban J connectivity index is 1.62. The van der Waals surface area contributed by atoms with E-state index >= 15 is 0 Å². The first-order chi connectivity index (χ1) is 18.7. The molecule has 3 aliphatic rings. The highest BCUT2D eigenvalue weighted by molar-refractivity contribution is 5.56. The van der Waals surface area contributed by atoms with Crippen LogP contribution in [0.2, 0.25) is 0 Å². The van der Waals surface area contributed by atoms with Crippen molar-refractivity contribution in [1.29, 1.82) is 0 Å². The molecule has 2 aromatic carbocycles. The molecule has 0 radical (unpaired) electrons. The van der Waals surface area contributed by atoms with Crippen molar-refractivity contribution in [2.24, 2.45) is 11.3 Å². The number of hydrogen-bond donors (Lipinski definition) is 2. The van der Waals surface area contributed by atoms with Gasteiger partial charge in [-0.3, -0.25) is 9.80 Å². The van der Waals surface area contributed by atoms with Gasteiger partial charge in [-0.1, -0.05) is 32.9 Å². The lowest BCUT2D eigenvalue weighted by atomic mass is 9.54. The Labute approximate surface area is 234 Å². The largest absolute Gasteiger partial charge is 0.478 e. The van der Waals surface area contributed by atoms with E-state index in [2.05, 4.69) is 68.7 Å². The van der Waals surface area contributed by atoms with Gasteiger partial charge in [-0.2, -0.15) is 0 Å². The second-order valence-corrected chi connectivity index (χ2v) is 13.2. The van der Waals surface area contributed by atoms with Crippen LogP contribution in [0.4, 0.5) is 0 Å². The molecule has 214 valence electrons. The van der Waals surface area contributed by atoms with Crippen molar-refractivity contribution in [3.8, 4) is 11.5 Å². The third kappa shape index (κ3) is 5.58. The van der Waals surface area contributed by atoms with Crippen LogP contribution in [-0.4, -0.2) is 59.8 Å². The zero-order valence-electron chi connectivity index (χ0n) is 24.7. The predicted molar refractivity (Wildman–Crippen MR) is 155 cm³/mol. The predicted octanol–water partition coefficient (Wildman–Crippen LogP) is 5.50. The molecule has 0 aromatic heterocycles. The van der Waals surface area contributed by atoms with Gasteiger partial charge in [0.1, 0.15) is 25.0 Å². The number of benzene rings is 2. The SMILES string of the molecule is Cc1c(C2(c3ccc4c(c3C)CN(CCCO)CO4)CC(C)CC(C)(C)C2)ccc2c1CN(CCCO)CO2. The Morgan fingerprint density at radius 2 is 1.28 bits per heavy atom. The molecular weight excluding hydrogens is 488 g/mol. The van der Waals surface area contributed by atoms with E-state index < -0.39 is 0 Å². The van der Waals surface area contributed by atoms with E-state index in [4.69, 9.17) is 9.47 Å². The maximum atomic E-state index is 9.37. The maximum absolute atomic E-state index is 9.37. The zero-order valence-corrected chi connectivity index (χ0v) is 24.7. The van der Waals surface area contributed by atoms with Crippen molar-refractivity contribution >= 4 is 0 Å². The van der Waals surface area contributed by atoms with Crippen LogP contribution in [0.1, 0.15) is 86.3 Å². The second-order valence-electron chi connectivity index (χ2n) is 13.2. The van der Waals surface area contributed by atoms with Crippen molar-refractivity contribution in [1.82, 2.24) is 9.80 Å². The molecule has 39 heavy (non-hydrogen) atoms. The number of aliphatic hydroxyl groups excluding tert-OH is 2. The van der Waals surface area contributed by atoms with E-state index in [0.29, 0.717) is 19.4 Å².